The van der Waals surface area contributed by atoms with Gasteiger partial charge in [-0.1, -0.05) is 0 Å². The Hall–Kier alpha value is -1.29. The summed E-state index contributed by atoms with van der Waals surface area (Å²) in [5.41, 5.74) is 0.677. The van der Waals surface area contributed by atoms with Crippen molar-refractivity contribution in [1.29, 1.82) is 0 Å². The maximum atomic E-state index is 13.1. The number of pyridine rings is 1. The number of nitrogens with zero attached hydrogens (tertiary/aromatic N) is 1. The fourth-order valence-corrected chi connectivity index (χ4v) is 2.96. The zero-order valence-corrected chi connectivity index (χ0v) is 10.4. The van der Waals surface area contributed by atoms with Crippen molar-refractivity contribution in [3.63, 3.8) is 0 Å². The van der Waals surface area contributed by atoms with Crippen LogP contribution < -0.4 is 0 Å². The molecule has 2 saturated heterocycles. The molecule has 0 spiro atoms. The summed E-state index contributed by atoms with van der Waals surface area (Å²) in [6.07, 6.45) is 4.16. The fraction of sp³-hybridized carbons (Fsp3) is 0.571. The molecular weight excluding hydrogens is 233 g/mol. The van der Waals surface area contributed by atoms with Crippen molar-refractivity contribution >= 4 is 5.78 Å². The lowest BCUT2D eigenvalue weighted by molar-refractivity contribution is -0.0150. The van der Waals surface area contributed by atoms with Crippen LogP contribution in [0, 0.1) is 18.7 Å². The Labute approximate surface area is 105 Å². The van der Waals surface area contributed by atoms with Crippen LogP contribution in [0.5, 0.6) is 0 Å². The molecule has 0 amide bonds. The first-order valence-corrected chi connectivity index (χ1v) is 6.46. The minimum atomic E-state index is -0.362. The molecule has 2 bridgehead atoms. The Bertz CT molecular complexity index is 477. The second-order valence-corrected chi connectivity index (χ2v) is 5.25. The molecule has 2 aliphatic heterocycles. The fourth-order valence-electron chi connectivity index (χ4n) is 2.96. The Balaban J connectivity index is 1.79. The van der Waals surface area contributed by atoms with Crippen molar-refractivity contribution in [2.24, 2.45) is 5.92 Å². The van der Waals surface area contributed by atoms with Gasteiger partial charge in [-0.25, -0.2) is 9.37 Å². The first-order chi connectivity index (χ1) is 8.63. The molecule has 3 heterocycles. The Kier molecular flexibility index (Phi) is 2.90. The molecule has 3 rings (SSSR count). The average Bonchev–Trinajstić information content (AvgIpc) is 2.71. The highest BCUT2D eigenvalue weighted by molar-refractivity contribution is 5.96. The number of carbonyl (C=O) groups is 1. The Morgan fingerprint density at radius 3 is 2.61 bits per heavy atom. The zero-order chi connectivity index (χ0) is 12.7. The van der Waals surface area contributed by atoms with E-state index in [1.165, 1.54) is 12.1 Å². The highest BCUT2D eigenvalue weighted by atomic mass is 19.1. The largest absolute Gasteiger partial charge is 0.375 e. The molecule has 2 unspecified atom stereocenters. The SMILES string of the molecule is Cc1nc(C(=O)C2CC3CCC(C2)O3)ccc1F. The van der Waals surface area contributed by atoms with Gasteiger partial charge in [0.15, 0.2) is 5.78 Å². The predicted molar refractivity (Wildman–Crippen MR) is 63.9 cm³/mol. The summed E-state index contributed by atoms with van der Waals surface area (Å²) < 4.78 is 18.9. The lowest BCUT2D eigenvalue weighted by Gasteiger charge is -2.27. The second-order valence-electron chi connectivity index (χ2n) is 5.25. The first-order valence-electron chi connectivity index (χ1n) is 6.46. The van der Waals surface area contributed by atoms with Gasteiger partial charge in [0, 0.05) is 5.92 Å². The van der Waals surface area contributed by atoms with Gasteiger partial charge in [0.1, 0.15) is 11.5 Å². The molecule has 0 aromatic carbocycles. The summed E-state index contributed by atoms with van der Waals surface area (Å²) in [7, 11) is 0. The third-order valence-electron chi connectivity index (χ3n) is 3.93. The molecule has 1 aromatic heterocycles. The molecule has 2 fully saturated rings. The van der Waals surface area contributed by atoms with E-state index >= 15 is 0 Å². The van der Waals surface area contributed by atoms with Gasteiger partial charge >= 0.3 is 0 Å². The molecule has 0 saturated carbocycles. The highest BCUT2D eigenvalue weighted by Gasteiger charge is 2.38. The number of ether oxygens (including phenoxy) is 1. The van der Waals surface area contributed by atoms with Gasteiger partial charge in [-0.05, 0) is 44.7 Å². The van der Waals surface area contributed by atoms with Gasteiger partial charge in [-0.3, -0.25) is 4.79 Å². The van der Waals surface area contributed by atoms with E-state index in [0.29, 0.717) is 5.69 Å². The number of fused-ring (bicyclic) bond motifs is 2. The summed E-state index contributed by atoms with van der Waals surface area (Å²) in [4.78, 5) is 16.4. The molecule has 3 nitrogen and oxygen atoms in total. The molecule has 96 valence electrons. The average molecular weight is 249 g/mol. The van der Waals surface area contributed by atoms with E-state index < -0.39 is 0 Å². The van der Waals surface area contributed by atoms with Crippen LogP contribution in [0.4, 0.5) is 4.39 Å². The number of ketones is 1. The molecule has 1 aromatic rings. The van der Waals surface area contributed by atoms with E-state index in [4.69, 9.17) is 4.74 Å². The number of aryl methyl sites for hydroxylation is 1. The van der Waals surface area contributed by atoms with E-state index in [9.17, 15) is 9.18 Å². The summed E-state index contributed by atoms with van der Waals surface area (Å²) in [6, 6.07) is 2.81. The van der Waals surface area contributed by atoms with Crippen molar-refractivity contribution in [2.45, 2.75) is 44.8 Å². The summed E-state index contributed by atoms with van der Waals surface area (Å²) in [6.45, 7) is 1.58. The number of hydrogen-bond acceptors (Lipinski definition) is 3. The quantitative estimate of drug-likeness (QED) is 0.756. The van der Waals surface area contributed by atoms with Crippen LogP contribution in [-0.4, -0.2) is 23.0 Å². The monoisotopic (exact) mass is 249 g/mol. The molecule has 0 radical (unpaired) electrons. The van der Waals surface area contributed by atoms with E-state index in [-0.39, 0.29) is 35.4 Å². The van der Waals surface area contributed by atoms with Gasteiger partial charge in [0.05, 0.1) is 17.9 Å². The lowest BCUT2D eigenvalue weighted by Crippen LogP contribution is -2.30. The topological polar surface area (TPSA) is 39.2 Å². The maximum absolute atomic E-state index is 13.1. The number of Topliss-reactive ketones (excluding diaryl/α,β-unsaturated/α-hetero) is 1. The van der Waals surface area contributed by atoms with Crippen LogP contribution in [0.15, 0.2) is 12.1 Å². The summed E-state index contributed by atoms with van der Waals surface area (Å²) in [5.74, 6) is -0.328. The van der Waals surface area contributed by atoms with Crippen LogP contribution in [0.2, 0.25) is 0 Å². The maximum Gasteiger partial charge on any atom is 0.184 e. The van der Waals surface area contributed by atoms with Crippen molar-refractivity contribution in [1.82, 2.24) is 4.98 Å². The van der Waals surface area contributed by atoms with Gasteiger partial charge in [-0.15, -0.1) is 0 Å². The van der Waals surface area contributed by atoms with Crippen LogP contribution in [0.25, 0.3) is 0 Å². The second kappa shape index (κ2) is 4.43. The molecule has 18 heavy (non-hydrogen) atoms. The van der Waals surface area contributed by atoms with Crippen LogP contribution in [0.1, 0.15) is 41.9 Å². The standard InChI is InChI=1S/C14H16FNO2/c1-8-12(15)4-5-13(16-8)14(17)9-6-10-2-3-11(7-9)18-10/h4-5,9-11H,2-3,6-7H2,1H3. The minimum absolute atomic E-state index is 0.00592. The van der Waals surface area contributed by atoms with Gasteiger partial charge < -0.3 is 4.74 Å². The number of halogens is 1. The van der Waals surface area contributed by atoms with Gasteiger partial charge in [-0.2, -0.15) is 0 Å². The summed E-state index contributed by atoms with van der Waals surface area (Å²) in [5, 5.41) is 0. The van der Waals surface area contributed by atoms with Crippen molar-refractivity contribution < 1.29 is 13.9 Å². The van der Waals surface area contributed by atoms with E-state index in [0.717, 1.165) is 25.7 Å². The van der Waals surface area contributed by atoms with Crippen molar-refractivity contribution in [2.75, 3.05) is 0 Å². The van der Waals surface area contributed by atoms with Gasteiger partial charge in [0.2, 0.25) is 0 Å². The number of hydrogen-bond donors (Lipinski definition) is 0. The zero-order valence-electron chi connectivity index (χ0n) is 10.4. The normalized spacial score (nSPS) is 30.4. The van der Waals surface area contributed by atoms with Crippen molar-refractivity contribution in [3.8, 4) is 0 Å². The molecule has 2 aliphatic rings. The smallest absolute Gasteiger partial charge is 0.184 e. The molecule has 0 N–H and O–H groups in total. The molecule has 0 aliphatic carbocycles. The van der Waals surface area contributed by atoms with Crippen LogP contribution in [-0.2, 0) is 4.74 Å². The minimum Gasteiger partial charge on any atom is -0.375 e. The highest BCUT2D eigenvalue weighted by Crippen LogP contribution is 2.37. The van der Waals surface area contributed by atoms with Gasteiger partial charge in [0.25, 0.3) is 0 Å². The molecular formula is C14H16FNO2. The number of carbonyl (C=O) groups excluding carboxylic acids is 1. The molecule has 4 heteroatoms. The van der Waals surface area contributed by atoms with E-state index in [2.05, 4.69) is 4.98 Å². The van der Waals surface area contributed by atoms with E-state index in [1.54, 1.807) is 6.92 Å². The first kappa shape index (κ1) is 11.8. The Morgan fingerprint density at radius 1 is 1.33 bits per heavy atom. The lowest BCUT2D eigenvalue weighted by atomic mass is 9.89. The summed E-state index contributed by atoms with van der Waals surface area (Å²) >= 11 is 0. The van der Waals surface area contributed by atoms with Crippen LogP contribution in [0.3, 0.4) is 0 Å². The van der Waals surface area contributed by atoms with Crippen molar-refractivity contribution in [3.05, 3.63) is 29.3 Å². The Morgan fingerprint density at radius 2 is 2.00 bits per heavy atom. The predicted octanol–water partition coefficient (Wildman–Crippen LogP) is 2.67. The third kappa shape index (κ3) is 2.05. The molecule has 2 atom stereocenters. The van der Waals surface area contributed by atoms with E-state index in [1.807, 2.05) is 0 Å². The third-order valence-corrected chi connectivity index (χ3v) is 3.93. The number of rotatable bonds is 2. The number of aromatic nitrogens is 1. The van der Waals surface area contributed by atoms with Crippen LogP contribution >= 0.6 is 0 Å².